The van der Waals surface area contributed by atoms with Gasteiger partial charge >= 0.3 is 6.03 Å². The largest absolute Gasteiger partial charge is 0.491 e. The van der Waals surface area contributed by atoms with Gasteiger partial charge in [-0.25, -0.2) is 17.9 Å². The molecule has 1 saturated heterocycles. The zero-order valence-corrected chi connectivity index (χ0v) is 19.4. The van der Waals surface area contributed by atoms with Crippen molar-refractivity contribution in [1.29, 1.82) is 0 Å². The average molecular weight is 470 g/mol. The maximum atomic E-state index is 12.6. The molecule has 3 amide bonds. The molecule has 1 aromatic rings. The summed E-state index contributed by atoms with van der Waals surface area (Å²) in [6, 6.07) is 6.11. The van der Waals surface area contributed by atoms with E-state index < -0.39 is 33.2 Å². The molecular formula is C21H31N3O7S. The molecule has 0 radical (unpaired) electrons. The number of hydrogen-bond acceptors (Lipinski definition) is 7. The van der Waals surface area contributed by atoms with E-state index in [0.717, 1.165) is 5.56 Å². The van der Waals surface area contributed by atoms with Crippen LogP contribution in [0.25, 0.3) is 0 Å². The molecule has 2 fully saturated rings. The van der Waals surface area contributed by atoms with Crippen molar-refractivity contribution >= 4 is 22.0 Å². The fourth-order valence-corrected chi connectivity index (χ4v) is 4.87. The summed E-state index contributed by atoms with van der Waals surface area (Å²) in [7, 11) is -3.56. The number of nitrogens with one attached hydrogen (secondary N) is 2. The maximum absolute atomic E-state index is 12.6. The maximum Gasteiger partial charge on any atom is 0.326 e. The van der Waals surface area contributed by atoms with Crippen LogP contribution in [-0.4, -0.2) is 67.7 Å². The predicted octanol–water partition coefficient (Wildman–Crippen LogP) is 1.05. The Morgan fingerprint density at radius 3 is 2.62 bits per heavy atom. The quantitative estimate of drug-likeness (QED) is 0.308. The number of aliphatic hydroxyl groups is 1. The molecule has 3 rings (SSSR count). The molecule has 0 aromatic heterocycles. The second-order valence-electron chi connectivity index (χ2n) is 8.96. The number of amides is 3. The molecule has 1 heterocycles. The lowest BCUT2D eigenvalue weighted by molar-refractivity contribution is -0.121. The number of sulfonamides is 1. The Bertz CT molecular complexity index is 954. The predicted molar refractivity (Wildman–Crippen MR) is 116 cm³/mol. The number of imide groups is 1. The van der Waals surface area contributed by atoms with Gasteiger partial charge in [-0.2, -0.15) is 0 Å². The lowest BCUT2D eigenvalue weighted by atomic mass is 10.1. The molecule has 2 aliphatic rings. The monoisotopic (exact) mass is 469 g/mol. The van der Waals surface area contributed by atoms with Crippen LogP contribution in [0.5, 0.6) is 5.75 Å². The number of ether oxygens (including phenoxy) is 2. The Morgan fingerprint density at radius 2 is 2.03 bits per heavy atom. The summed E-state index contributed by atoms with van der Waals surface area (Å²) in [6.07, 6.45) is 1.62. The topological polar surface area (TPSA) is 134 Å². The first-order chi connectivity index (χ1) is 14.9. The summed E-state index contributed by atoms with van der Waals surface area (Å²) >= 11 is 0. The van der Waals surface area contributed by atoms with Gasteiger partial charge in [0.1, 0.15) is 25.1 Å². The van der Waals surface area contributed by atoms with E-state index in [-0.39, 0.29) is 38.0 Å². The van der Waals surface area contributed by atoms with Crippen LogP contribution < -0.4 is 14.8 Å². The molecule has 1 aliphatic heterocycles. The number of nitrogens with zero attached hydrogens (tertiary/aromatic N) is 1. The number of rotatable bonds is 12. The Morgan fingerprint density at radius 1 is 1.31 bits per heavy atom. The van der Waals surface area contributed by atoms with Crippen LogP contribution in [0, 0.1) is 0 Å². The first kappa shape index (κ1) is 24.4. The SMILES string of the molecule is C[C@H]1C(=O)NC(=O)N1COCCCS(=O)(=O)NC1(c2cccc(OCC(C)(C)O)c2)CC1. The van der Waals surface area contributed by atoms with E-state index in [2.05, 4.69) is 10.0 Å². The third-order valence-corrected chi connectivity index (χ3v) is 6.88. The first-order valence-corrected chi connectivity index (χ1v) is 12.2. The van der Waals surface area contributed by atoms with Crippen molar-refractivity contribution in [2.45, 2.75) is 57.2 Å². The Kier molecular flexibility index (Phi) is 7.13. The highest BCUT2D eigenvalue weighted by atomic mass is 32.2. The van der Waals surface area contributed by atoms with Crippen molar-refractivity contribution < 1.29 is 32.6 Å². The minimum absolute atomic E-state index is 0.0758. The second-order valence-corrected chi connectivity index (χ2v) is 10.8. The van der Waals surface area contributed by atoms with E-state index in [1.165, 1.54) is 4.90 Å². The summed E-state index contributed by atoms with van der Waals surface area (Å²) in [5.41, 5.74) is -0.787. The Labute approximate surface area is 188 Å². The number of hydrogen-bond donors (Lipinski definition) is 3. The third-order valence-electron chi connectivity index (χ3n) is 5.35. The van der Waals surface area contributed by atoms with E-state index in [4.69, 9.17) is 9.47 Å². The van der Waals surface area contributed by atoms with Crippen molar-refractivity contribution in [3.8, 4) is 5.75 Å². The van der Waals surface area contributed by atoms with Gasteiger partial charge in [-0.05, 0) is 57.7 Å². The molecule has 1 aliphatic carbocycles. The third kappa shape index (κ3) is 6.41. The number of benzene rings is 1. The molecule has 0 spiro atoms. The van der Waals surface area contributed by atoms with Gasteiger partial charge in [0.15, 0.2) is 0 Å². The van der Waals surface area contributed by atoms with Gasteiger partial charge in [-0.1, -0.05) is 12.1 Å². The van der Waals surface area contributed by atoms with Crippen molar-refractivity contribution in [3.63, 3.8) is 0 Å². The summed E-state index contributed by atoms with van der Waals surface area (Å²) in [6.45, 7) is 5.08. The second kappa shape index (κ2) is 9.34. The molecule has 1 aromatic carbocycles. The zero-order chi connectivity index (χ0) is 23.6. The van der Waals surface area contributed by atoms with Gasteiger partial charge < -0.3 is 14.6 Å². The Hall–Kier alpha value is -2.21. The normalized spacial score (nSPS) is 20.4. The van der Waals surface area contributed by atoms with Gasteiger partial charge in [-0.3, -0.25) is 15.0 Å². The lowest BCUT2D eigenvalue weighted by Gasteiger charge is -2.21. The molecule has 0 unspecified atom stereocenters. The van der Waals surface area contributed by atoms with Crippen LogP contribution >= 0.6 is 0 Å². The molecule has 0 bridgehead atoms. The highest BCUT2D eigenvalue weighted by Crippen LogP contribution is 2.46. The van der Waals surface area contributed by atoms with E-state index in [1.54, 1.807) is 39.0 Å². The zero-order valence-electron chi connectivity index (χ0n) is 18.6. The standard InChI is InChI=1S/C21H31N3O7S/c1-15-18(25)22-19(26)24(15)14-30-10-5-11-32(28,29)23-21(8-9-21)16-6-4-7-17(12-16)31-13-20(2,3)27/h4,6-7,12,15,23,27H,5,8-11,13-14H2,1-3H3,(H,22,25,26)/t15-/m0/s1. The molecule has 11 heteroatoms. The van der Waals surface area contributed by atoms with Gasteiger partial charge in [-0.15, -0.1) is 0 Å². The highest BCUT2D eigenvalue weighted by molar-refractivity contribution is 7.89. The van der Waals surface area contributed by atoms with Gasteiger partial charge in [0, 0.05) is 6.61 Å². The van der Waals surface area contributed by atoms with E-state index in [9.17, 15) is 23.1 Å². The molecule has 10 nitrogen and oxygen atoms in total. The van der Waals surface area contributed by atoms with Crippen molar-refractivity contribution in [3.05, 3.63) is 29.8 Å². The minimum Gasteiger partial charge on any atom is -0.491 e. The van der Waals surface area contributed by atoms with E-state index >= 15 is 0 Å². The summed E-state index contributed by atoms with van der Waals surface area (Å²) in [5, 5.41) is 12.0. The molecular weight excluding hydrogens is 438 g/mol. The highest BCUT2D eigenvalue weighted by Gasteiger charge is 2.47. The van der Waals surface area contributed by atoms with Crippen LogP contribution in [0.4, 0.5) is 4.79 Å². The van der Waals surface area contributed by atoms with Crippen molar-refractivity contribution in [1.82, 2.24) is 14.9 Å². The fourth-order valence-electron chi connectivity index (χ4n) is 3.35. The first-order valence-electron chi connectivity index (χ1n) is 10.6. The molecule has 1 saturated carbocycles. The van der Waals surface area contributed by atoms with Gasteiger partial charge in [0.25, 0.3) is 5.91 Å². The van der Waals surface area contributed by atoms with Crippen LogP contribution in [0.3, 0.4) is 0 Å². The smallest absolute Gasteiger partial charge is 0.326 e. The molecule has 3 N–H and O–H groups in total. The minimum atomic E-state index is -3.56. The average Bonchev–Trinajstić information content (AvgIpc) is 3.43. The molecule has 178 valence electrons. The van der Waals surface area contributed by atoms with Crippen LogP contribution in [-0.2, 0) is 25.1 Å². The van der Waals surface area contributed by atoms with Crippen molar-refractivity contribution in [2.75, 3.05) is 25.7 Å². The van der Waals surface area contributed by atoms with Crippen LogP contribution in [0.2, 0.25) is 0 Å². The molecule has 32 heavy (non-hydrogen) atoms. The van der Waals surface area contributed by atoms with Crippen LogP contribution in [0.15, 0.2) is 24.3 Å². The Balaban J connectivity index is 1.47. The number of urea groups is 1. The fraction of sp³-hybridized carbons (Fsp3) is 0.619. The summed E-state index contributed by atoms with van der Waals surface area (Å²) in [4.78, 5) is 24.3. The summed E-state index contributed by atoms with van der Waals surface area (Å²) < 4.78 is 39.0. The van der Waals surface area contributed by atoms with Crippen LogP contribution in [0.1, 0.15) is 45.6 Å². The number of carbonyl (C=O) groups excluding carboxylic acids is 2. The van der Waals surface area contributed by atoms with E-state index in [1.807, 2.05) is 6.07 Å². The van der Waals surface area contributed by atoms with Gasteiger partial charge in [0.05, 0.1) is 16.9 Å². The van der Waals surface area contributed by atoms with E-state index in [0.29, 0.717) is 18.6 Å². The van der Waals surface area contributed by atoms with Crippen molar-refractivity contribution in [2.24, 2.45) is 0 Å². The van der Waals surface area contributed by atoms with Gasteiger partial charge in [0.2, 0.25) is 10.0 Å². The molecule has 1 atom stereocenters. The lowest BCUT2D eigenvalue weighted by Crippen LogP contribution is -2.37. The number of carbonyl (C=O) groups is 2. The summed E-state index contributed by atoms with van der Waals surface area (Å²) in [5.74, 6) is 0.0708.